The molecule has 0 unspecified atom stereocenters. The first-order valence-corrected chi connectivity index (χ1v) is 6.55. The molecule has 1 amide bonds. The molecule has 1 saturated carbocycles. The summed E-state index contributed by atoms with van der Waals surface area (Å²) >= 11 is 0. The maximum Gasteiger partial charge on any atom is 0.410 e. The molecular weight excluding hydrogens is 234 g/mol. The predicted molar refractivity (Wildman–Crippen MR) is 66.9 cm³/mol. The van der Waals surface area contributed by atoms with Gasteiger partial charge in [0.15, 0.2) is 0 Å². The Kier molecular flexibility index (Phi) is 5.44. The SMILES string of the molecule is CC(=O)OC(C)(C)OC(=O)NCC1CCCCC1. The van der Waals surface area contributed by atoms with Gasteiger partial charge in [-0.3, -0.25) is 4.79 Å². The number of carbonyl (C=O) groups is 2. The van der Waals surface area contributed by atoms with Crippen molar-refractivity contribution < 1.29 is 19.1 Å². The Labute approximate surface area is 108 Å². The fourth-order valence-electron chi connectivity index (χ4n) is 2.25. The van der Waals surface area contributed by atoms with Gasteiger partial charge in [0, 0.05) is 27.3 Å². The number of hydrogen-bond acceptors (Lipinski definition) is 4. The van der Waals surface area contributed by atoms with Crippen LogP contribution >= 0.6 is 0 Å². The van der Waals surface area contributed by atoms with Crippen LogP contribution in [0.15, 0.2) is 0 Å². The molecule has 1 N–H and O–H groups in total. The van der Waals surface area contributed by atoms with Gasteiger partial charge in [-0.15, -0.1) is 0 Å². The van der Waals surface area contributed by atoms with Crippen LogP contribution in [0, 0.1) is 5.92 Å². The van der Waals surface area contributed by atoms with E-state index in [1.165, 1.54) is 40.0 Å². The molecule has 1 aliphatic carbocycles. The molecule has 5 heteroatoms. The Bertz CT molecular complexity index is 295. The molecule has 0 atom stereocenters. The number of carbonyl (C=O) groups excluding carboxylic acids is 2. The topological polar surface area (TPSA) is 64.6 Å². The van der Waals surface area contributed by atoms with E-state index in [1.54, 1.807) is 0 Å². The normalized spacial score (nSPS) is 17.1. The quantitative estimate of drug-likeness (QED) is 0.621. The molecule has 0 aliphatic heterocycles. The van der Waals surface area contributed by atoms with E-state index >= 15 is 0 Å². The summed E-state index contributed by atoms with van der Waals surface area (Å²) in [4.78, 5) is 22.4. The lowest BCUT2D eigenvalue weighted by Crippen LogP contribution is -2.39. The molecule has 18 heavy (non-hydrogen) atoms. The van der Waals surface area contributed by atoms with Crippen LogP contribution in [0.4, 0.5) is 4.79 Å². The minimum Gasteiger partial charge on any atom is -0.423 e. The molecule has 104 valence electrons. The highest BCUT2D eigenvalue weighted by atomic mass is 16.7. The summed E-state index contributed by atoms with van der Waals surface area (Å²) in [6, 6.07) is 0. The predicted octanol–water partition coefficient (Wildman–Crippen LogP) is 2.59. The van der Waals surface area contributed by atoms with Crippen molar-refractivity contribution in [3.63, 3.8) is 0 Å². The maximum atomic E-state index is 11.6. The van der Waals surface area contributed by atoms with Crippen molar-refractivity contribution in [1.29, 1.82) is 0 Å². The van der Waals surface area contributed by atoms with E-state index in [9.17, 15) is 9.59 Å². The van der Waals surface area contributed by atoms with Crippen LogP contribution in [-0.4, -0.2) is 24.4 Å². The van der Waals surface area contributed by atoms with E-state index in [1.807, 2.05) is 0 Å². The zero-order valence-corrected chi connectivity index (χ0v) is 11.5. The molecule has 0 radical (unpaired) electrons. The Morgan fingerprint density at radius 2 is 1.78 bits per heavy atom. The molecule has 0 aromatic heterocycles. The van der Waals surface area contributed by atoms with Gasteiger partial charge in [0.1, 0.15) is 0 Å². The molecule has 0 bridgehead atoms. The molecular formula is C13H23NO4. The van der Waals surface area contributed by atoms with Gasteiger partial charge in [-0.2, -0.15) is 0 Å². The summed E-state index contributed by atoms with van der Waals surface area (Å²) < 4.78 is 9.92. The first-order chi connectivity index (χ1) is 8.39. The first kappa shape index (κ1) is 14.8. The molecule has 1 aliphatic rings. The Morgan fingerprint density at radius 1 is 1.17 bits per heavy atom. The highest BCUT2D eigenvalue weighted by Gasteiger charge is 2.26. The smallest absolute Gasteiger partial charge is 0.410 e. The summed E-state index contributed by atoms with van der Waals surface area (Å²) in [5, 5.41) is 2.73. The Hall–Kier alpha value is -1.26. The Morgan fingerprint density at radius 3 is 2.33 bits per heavy atom. The summed E-state index contributed by atoms with van der Waals surface area (Å²) in [6.45, 7) is 4.99. The highest BCUT2D eigenvalue weighted by molar-refractivity contribution is 5.69. The lowest BCUT2D eigenvalue weighted by molar-refractivity contribution is -0.192. The lowest BCUT2D eigenvalue weighted by atomic mass is 9.89. The lowest BCUT2D eigenvalue weighted by Gasteiger charge is -2.26. The highest BCUT2D eigenvalue weighted by Crippen LogP contribution is 2.22. The van der Waals surface area contributed by atoms with Crippen LogP contribution < -0.4 is 5.32 Å². The Balaban J connectivity index is 2.25. The summed E-state index contributed by atoms with van der Waals surface area (Å²) in [5.41, 5.74) is 0. The van der Waals surface area contributed by atoms with Crippen LogP contribution in [0.2, 0.25) is 0 Å². The minimum absolute atomic E-state index is 0.472. The van der Waals surface area contributed by atoms with Crippen LogP contribution in [0.25, 0.3) is 0 Å². The van der Waals surface area contributed by atoms with Crippen LogP contribution in [0.1, 0.15) is 52.9 Å². The van der Waals surface area contributed by atoms with Gasteiger partial charge in [-0.1, -0.05) is 19.3 Å². The fraction of sp³-hybridized carbons (Fsp3) is 0.846. The second-order valence-corrected chi connectivity index (χ2v) is 5.27. The molecule has 0 aromatic rings. The van der Waals surface area contributed by atoms with E-state index in [4.69, 9.17) is 9.47 Å². The molecule has 0 spiro atoms. The number of esters is 1. The third-order valence-corrected chi connectivity index (χ3v) is 2.99. The van der Waals surface area contributed by atoms with Crippen molar-refractivity contribution in [3.8, 4) is 0 Å². The van der Waals surface area contributed by atoms with Gasteiger partial charge in [0.25, 0.3) is 5.79 Å². The number of amides is 1. The molecule has 0 aromatic carbocycles. The van der Waals surface area contributed by atoms with E-state index in [0.717, 1.165) is 12.8 Å². The van der Waals surface area contributed by atoms with E-state index in [-0.39, 0.29) is 0 Å². The van der Waals surface area contributed by atoms with E-state index < -0.39 is 17.8 Å². The van der Waals surface area contributed by atoms with Crippen molar-refractivity contribution in [2.75, 3.05) is 6.54 Å². The van der Waals surface area contributed by atoms with E-state index in [0.29, 0.717) is 12.5 Å². The average molecular weight is 257 g/mol. The largest absolute Gasteiger partial charge is 0.423 e. The number of rotatable bonds is 4. The van der Waals surface area contributed by atoms with Gasteiger partial charge < -0.3 is 14.8 Å². The number of nitrogens with one attached hydrogen (secondary N) is 1. The summed E-state index contributed by atoms with van der Waals surface area (Å²) in [6.07, 6.45) is 5.55. The first-order valence-electron chi connectivity index (χ1n) is 6.55. The van der Waals surface area contributed by atoms with Crippen molar-refractivity contribution in [1.82, 2.24) is 5.32 Å². The monoisotopic (exact) mass is 257 g/mol. The van der Waals surface area contributed by atoms with Crippen molar-refractivity contribution in [3.05, 3.63) is 0 Å². The minimum atomic E-state index is -1.22. The fourth-order valence-corrected chi connectivity index (χ4v) is 2.25. The summed E-state index contributed by atoms with van der Waals surface area (Å²) in [5.74, 6) is -1.15. The zero-order valence-electron chi connectivity index (χ0n) is 11.5. The molecule has 1 fully saturated rings. The second-order valence-electron chi connectivity index (χ2n) is 5.27. The van der Waals surface area contributed by atoms with Crippen molar-refractivity contribution in [2.24, 2.45) is 5.92 Å². The number of alkyl carbamates (subject to hydrolysis) is 1. The summed E-state index contributed by atoms with van der Waals surface area (Å²) in [7, 11) is 0. The van der Waals surface area contributed by atoms with Gasteiger partial charge in [0.05, 0.1) is 0 Å². The van der Waals surface area contributed by atoms with Gasteiger partial charge in [-0.05, 0) is 18.8 Å². The molecule has 1 rings (SSSR count). The van der Waals surface area contributed by atoms with Crippen molar-refractivity contribution >= 4 is 12.1 Å². The van der Waals surface area contributed by atoms with Crippen molar-refractivity contribution in [2.45, 2.75) is 58.7 Å². The number of hydrogen-bond donors (Lipinski definition) is 1. The van der Waals surface area contributed by atoms with Crippen LogP contribution in [-0.2, 0) is 14.3 Å². The molecule has 0 saturated heterocycles. The van der Waals surface area contributed by atoms with E-state index in [2.05, 4.69) is 5.32 Å². The third kappa shape index (κ3) is 5.89. The molecule has 5 nitrogen and oxygen atoms in total. The molecule has 0 heterocycles. The van der Waals surface area contributed by atoms with Gasteiger partial charge in [0.2, 0.25) is 0 Å². The maximum absolute atomic E-state index is 11.6. The van der Waals surface area contributed by atoms with Crippen LogP contribution in [0.3, 0.4) is 0 Å². The van der Waals surface area contributed by atoms with Gasteiger partial charge in [-0.25, -0.2) is 4.79 Å². The standard InChI is InChI=1S/C13H23NO4/c1-10(15)17-13(2,3)18-12(16)14-9-11-7-5-4-6-8-11/h11H,4-9H2,1-3H3,(H,14,16). The number of ether oxygens (including phenoxy) is 2. The van der Waals surface area contributed by atoms with Gasteiger partial charge >= 0.3 is 12.1 Å². The average Bonchev–Trinajstić information content (AvgIpc) is 2.25. The van der Waals surface area contributed by atoms with Crippen LogP contribution in [0.5, 0.6) is 0 Å². The third-order valence-electron chi connectivity index (χ3n) is 2.99. The second kappa shape index (κ2) is 6.61. The zero-order chi connectivity index (χ0) is 13.6.